The maximum Gasteiger partial charge on any atom is 0.305 e. The second kappa shape index (κ2) is 72.3. The Morgan fingerprint density at radius 3 is 0.952 bits per heavy atom. The number of ether oxygens (including phenoxy) is 1. The van der Waals surface area contributed by atoms with E-state index in [0.29, 0.717) is 19.4 Å². The normalized spacial score (nSPS) is 12.8. The van der Waals surface area contributed by atoms with E-state index in [-0.39, 0.29) is 18.5 Å². The standard InChI is InChI=1S/C77H145NO5/c1-3-5-7-9-11-13-15-17-18-19-37-41-44-47-51-55-59-63-67-71-77(82)83-72-68-64-60-56-52-48-45-42-39-36-34-32-30-28-26-24-22-20-21-23-25-27-29-31-33-35-38-40-43-46-50-54-58-62-66-70-76(81)78-74(73-79)75(80)69-65-61-57-53-49-16-14-12-10-8-6-4-2/h11,13,17-18,22,24,65,69,74-75,79-80H,3-10,12,14-16,19-21,23,25-64,66-68,70-73H2,1-2H3,(H,78,81)/b13-11-,18-17-,24-22-,69-65+. The highest BCUT2D eigenvalue weighted by molar-refractivity contribution is 5.76. The summed E-state index contributed by atoms with van der Waals surface area (Å²) in [4.78, 5) is 24.6. The summed E-state index contributed by atoms with van der Waals surface area (Å²) in [7, 11) is 0. The van der Waals surface area contributed by atoms with Gasteiger partial charge in [0.05, 0.1) is 25.4 Å². The van der Waals surface area contributed by atoms with Crippen LogP contribution in [0.1, 0.15) is 406 Å². The smallest absolute Gasteiger partial charge is 0.305 e. The van der Waals surface area contributed by atoms with Gasteiger partial charge in [0.1, 0.15) is 0 Å². The molecule has 1 amide bonds. The van der Waals surface area contributed by atoms with E-state index in [2.05, 4.69) is 55.6 Å². The first-order valence-corrected chi connectivity index (χ1v) is 37.4. The highest BCUT2D eigenvalue weighted by Crippen LogP contribution is 2.19. The first-order valence-electron chi connectivity index (χ1n) is 37.4. The number of nitrogens with one attached hydrogen (secondary N) is 1. The van der Waals surface area contributed by atoms with Crippen molar-refractivity contribution >= 4 is 11.9 Å². The van der Waals surface area contributed by atoms with Crippen molar-refractivity contribution in [2.45, 2.75) is 418 Å². The van der Waals surface area contributed by atoms with E-state index in [4.69, 9.17) is 4.74 Å². The van der Waals surface area contributed by atoms with Gasteiger partial charge in [-0.15, -0.1) is 0 Å². The largest absolute Gasteiger partial charge is 0.466 e. The van der Waals surface area contributed by atoms with Crippen molar-refractivity contribution in [2.24, 2.45) is 0 Å². The number of rotatable bonds is 70. The summed E-state index contributed by atoms with van der Waals surface area (Å²) in [6, 6.07) is -0.624. The van der Waals surface area contributed by atoms with Gasteiger partial charge >= 0.3 is 5.97 Å². The van der Waals surface area contributed by atoms with Gasteiger partial charge in [-0.05, 0) is 89.9 Å². The molecule has 0 saturated heterocycles. The molecule has 0 aliphatic heterocycles. The Morgan fingerprint density at radius 1 is 0.337 bits per heavy atom. The number of amides is 1. The Bertz CT molecular complexity index is 1390. The monoisotopic (exact) mass is 1160 g/mol. The average molecular weight is 1170 g/mol. The van der Waals surface area contributed by atoms with Gasteiger partial charge in [0, 0.05) is 12.8 Å². The topological polar surface area (TPSA) is 95.9 Å². The second-order valence-corrected chi connectivity index (χ2v) is 25.6. The van der Waals surface area contributed by atoms with Gasteiger partial charge in [-0.25, -0.2) is 0 Å². The highest BCUT2D eigenvalue weighted by Gasteiger charge is 2.18. The molecule has 0 aromatic carbocycles. The maximum atomic E-state index is 12.5. The van der Waals surface area contributed by atoms with Crippen LogP contribution in [0.25, 0.3) is 0 Å². The van der Waals surface area contributed by atoms with Crippen LogP contribution in [0.2, 0.25) is 0 Å². The van der Waals surface area contributed by atoms with Gasteiger partial charge < -0.3 is 20.3 Å². The summed E-state index contributed by atoms with van der Waals surface area (Å²) in [5.41, 5.74) is 0. The summed E-state index contributed by atoms with van der Waals surface area (Å²) in [5, 5.41) is 23.1. The van der Waals surface area contributed by atoms with Gasteiger partial charge in [0.2, 0.25) is 5.91 Å². The van der Waals surface area contributed by atoms with Crippen LogP contribution in [0.3, 0.4) is 0 Å². The van der Waals surface area contributed by atoms with E-state index >= 15 is 0 Å². The lowest BCUT2D eigenvalue weighted by Gasteiger charge is -2.20. The number of hydrogen-bond acceptors (Lipinski definition) is 5. The minimum absolute atomic E-state index is 0.0164. The number of carbonyl (C=O) groups excluding carboxylic acids is 2. The molecular formula is C77H145NO5. The lowest BCUT2D eigenvalue weighted by Crippen LogP contribution is -2.45. The predicted molar refractivity (Wildman–Crippen MR) is 366 cm³/mol. The van der Waals surface area contributed by atoms with Gasteiger partial charge in [0.25, 0.3) is 0 Å². The zero-order valence-electron chi connectivity index (χ0n) is 55.9. The number of unbranched alkanes of at least 4 members (excludes halogenated alkanes) is 53. The third kappa shape index (κ3) is 68.8. The molecule has 0 aromatic rings. The average Bonchev–Trinajstić information content (AvgIpc) is 3.49. The quantitative estimate of drug-likeness (QED) is 0.0320. The Morgan fingerprint density at radius 2 is 0.602 bits per heavy atom. The number of aliphatic hydroxyl groups excluding tert-OH is 2. The molecule has 0 radical (unpaired) electrons. The van der Waals surface area contributed by atoms with E-state index in [1.807, 2.05) is 6.08 Å². The fraction of sp³-hybridized carbons (Fsp3) is 0.870. The Labute approximate surface area is 518 Å². The van der Waals surface area contributed by atoms with Crippen molar-refractivity contribution in [3.05, 3.63) is 48.6 Å². The Kier molecular flexibility index (Phi) is 70.4. The zero-order chi connectivity index (χ0) is 59.9. The summed E-state index contributed by atoms with van der Waals surface area (Å²) < 4.78 is 5.51. The van der Waals surface area contributed by atoms with Crippen LogP contribution in [-0.2, 0) is 14.3 Å². The van der Waals surface area contributed by atoms with Crippen LogP contribution < -0.4 is 5.32 Å². The van der Waals surface area contributed by atoms with E-state index in [1.54, 1.807) is 6.08 Å². The van der Waals surface area contributed by atoms with Crippen LogP contribution >= 0.6 is 0 Å². The van der Waals surface area contributed by atoms with Crippen molar-refractivity contribution in [1.82, 2.24) is 5.32 Å². The van der Waals surface area contributed by atoms with Crippen molar-refractivity contribution in [2.75, 3.05) is 13.2 Å². The van der Waals surface area contributed by atoms with Gasteiger partial charge in [-0.2, -0.15) is 0 Å². The van der Waals surface area contributed by atoms with E-state index in [9.17, 15) is 19.8 Å². The molecule has 0 spiro atoms. The van der Waals surface area contributed by atoms with E-state index in [0.717, 1.165) is 51.4 Å². The van der Waals surface area contributed by atoms with Crippen molar-refractivity contribution < 1.29 is 24.5 Å². The fourth-order valence-electron chi connectivity index (χ4n) is 11.6. The molecule has 0 saturated carbocycles. The summed E-state index contributed by atoms with van der Waals surface area (Å²) in [6.45, 7) is 4.90. The zero-order valence-corrected chi connectivity index (χ0v) is 55.9. The molecule has 0 rings (SSSR count). The summed E-state index contributed by atoms with van der Waals surface area (Å²) in [5.74, 6) is -0.0473. The number of allylic oxidation sites excluding steroid dienone is 7. The number of carbonyl (C=O) groups is 2. The molecule has 2 unspecified atom stereocenters. The molecule has 6 heteroatoms. The lowest BCUT2D eigenvalue weighted by molar-refractivity contribution is -0.143. The number of esters is 1. The first kappa shape index (κ1) is 80.8. The highest BCUT2D eigenvalue weighted by atomic mass is 16.5. The molecular weight excluding hydrogens is 1020 g/mol. The number of hydrogen-bond donors (Lipinski definition) is 3. The molecule has 0 heterocycles. The van der Waals surface area contributed by atoms with Gasteiger partial charge in [-0.1, -0.05) is 351 Å². The van der Waals surface area contributed by atoms with Crippen molar-refractivity contribution in [3.8, 4) is 0 Å². The Hall–Kier alpha value is -2.18. The van der Waals surface area contributed by atoms with Gasteiger partial charge in [0.15, 0.2) is 0 Å². The molecule has 0 aliphatic rings. The molecule has 0 aliphatic carbocycles. The van der Waals surface area contributed by atoms with Crippen LogP contribution in [0.5, 0.6) is 0 Å². The third-order valence-corrected chi connectivity index (χ3v) is 17.3. The molecule has 488 valence electrons. The summed E-state index contributed by atoms with van der Waals surface area (Å²) in [6.07, 6.45) is 95.1. The summed E-state index contributed by atoms with van der Waals surface area (Å²) >= 11 is 0. The molecule has 6 nitrogen and oxygen atoms in total. The molecule has 0 bridgehead atoms. The van der Waals surface area contributed by atoms with Gasteiger partial charge in [-0.3, -0.25) is 9.59 Å². The van der Waals surface area contributed by atoms with Crippen LogP contribution in [-0.4, -0.2) is 47.4 Å². The van der Waals surface area contributed by atoms with Crippen LogP contribution in [0.4, 0.5) is 0 Å². The number of aliphatic hydroxyl groups is 2. The Balaban J connectivity index is 3.33. The molecule has 2 atom stereocenters. The second-order valence-electron chi connectivity index (χ2n) is 25.6. The fourth-order valence-corrected chi connectivity index (χ4v) is 11.6. The minimum atomic E-state index is -0.841. The molecule has 3 N–H and O–H groups in total. The SMILES string of the molecule is CCCCC/C=C\C/C=C\CCCCCCCCCCCC(=O)OCCCCCCCCCCCCCCCC/C=C\CCCCCCCCCCCCCCCCCCCC(=O)NC(CO)C(O)/C=C/CCCCCCCCCCCC. The molecule has 83 heavy (non-hydrogen) atoms. The lowest BCUT2D eigenvalue weighted by atomic mass is 10.0. The van der Waals surface area contributed by atoms with E-state index in [1.165, 1.54) is 327 Å². The predicted octanol–water partition coefficient (Wildman–Crippen LogP) is 24.4. The minimum Gasteiger partial charge on any atom is -0.466 e. The molecule has 0 aromatic heterocycles. The van der Waals surface area contributed by atoms with Crippen molar-refractivity contribution in [1.29, 1.82) is 0 Å². The van der Waals surface area contributed by atoms with Crippen LogP contribution in [0, 0.1) is 0 Å². The van der Waals surface area contributed by atoms with Crippen molar-refractivity contribution in [3.63, 3.8) is 0 Å². The third-order valence-electron chi connectivity index (χ3n) is 17.3. The van der Waals surface area contributed by atoms with E-state index < -0.39 is 12.1 Å². The molecule has 0 fully saturated rings. The first-order chi connectivity index (χ1) is 41.0. The van der Waals surface area contributed by atoms with Crippen LogP contribution in [0.15, 0.2) is 48.6 Å². The maximum absolute atomic E-state index is 12.5.